The van der Waals surface area contributed by atoms with Crippen LogP contribution in [0.3, 0.4) is 0 Å². The molecular weight excluding hydrogens is 176 g/mol. The van der Waals surface area contributed by atoms with Gasteiger partial charge in [-0.3, -0.25) is 9.69 Å². The normalized spacial score (nSPS) is 9.86. The predicted octanol–water partition coefficient (Wildman–Crippen LogP) is 0.858. The van der Waals surface area contributed by atoms with E-state index in [1.54, 1.807) is 0 Å². The number of carbonyl (C=O) groups is 1. The average molecular weight is 196 g/mol. The van der Waals surface area contributed by atoms with Crippen molar-refractivity contribution in [3.05, 3.63) is 0 Å². The fraction of sp³-hybridized carbons (Fsp3) is 0.727. The highest BCUT2D eigenvalue weighted by atomic mass is 16.2. The largest absolute Gasteiger partial charge is 0.355 e. The van der Waals surface area contributed by atoms with Gasteiger partial charge in [-0.2, -0.15) is 0 Å². The number of likely N-dealkylation sites (N-methyl/N-ethyl adjacent to an activating group) is 2. The molecule has 0 aromatic rings. The van der Waals surface area contributed by atoms with E-state index in [1.165, 1.54) is 0 Å². The minimum atomic E-state index is 0.0926. The number of rotatable bonds is 7. The Labute approximate surface area is 86.9 Å². The van der Waals surface area contributed by atoms with Crippen molar-refractivity contribution in [1.29, 1.82) is 0 Å². The van der Waals surface area contributed by atoms with Crippen LogP contribution in [0.1, 0.15) is 26.7 Å². The van der Waals surface area contributed by atoms with Crippen LogP contribution < -0.4 is 5.32 Å². The lowest BCUT2D eigenvalue weighted by molar-refractivity contribution is -0.122. The molecule has 0 fully saturated rings. The summed E-state index contributed by atoms with van der Waals surface area (Å²) in [6.45, 7) is 6.94. The average Bonchev–Trinajstić information content (AvgIpc) is 2.17. The van der Waals surface area contributed by atoms with Crippen LogP contribution in [0, 0.1) is 12.3 Å². The third-order valence-electron chi connectivity index (χ3n) is 1.98. The molecule has 80 valence electrons. The molecule has 0 aliphatic heterocycles. The van der Waals surface area contributed by atoms with Crippen LogP contribution in [-0.2, 0) is 4.79 Å². The molecule has 0 bridgehead atoms. The van der Waals surface area contributed by atoms with E-state index in [-0.39, 0.29) is 5.91 Å². The monoisotopic (exact) mass is 196 g/mol. The van der Waals surface area contributed by atoms with Gasteiger partial charge in [0.1, 0.15) is 0 Å². The minimum absolute atomic E-state index is 0.0926. The maximum atomic E-state index is 11.3. The maximum absolute atomic E-state index is 11.3. The van der Waals surface area contributed by atoms with Gasteiger partial charge in [0.2, 0.25) is 5.91 Å². The molecule has 3 nitrogen and oxygen atoms in total. The molecule has 3 heteroatoms. The lowest BCUT2D eigenvalue weighted by Crippen LogP contribution is -2.37. The van der Waals surface area contributed by atoms with Crippen molar-refractivity contribution in [3.63, 3.8) is 0 Å². The molecule has 0 aromatic carbocycles. The lowest BCUT2D eigenvalue weighted by Gasteiger charge is -2.18. The fourth-order valence-electron chi connectivity index (χ4n) is 1.21. The van der Waals surface area contributed by atoms with E-state index in [0.717, 1.165) is 25.9 Å². The molecule has 0 aliphatic rings. The summed E-state index contributed by atoms with van der Waals surface area (Å²) in [5.74, 6) is 2.69. The van der Waals surface area contributed by atoms with Crippen LogP contribution in [-0.4, -0.2) is 37.0 Å². The first kappa shape index (κ1) is 13.0. The number of hydrogen-bond donors (Lipinski definition) is 1. The summed E-state index contributed by atoms with van der Waals surface area (Å²) in [6.07, 6.45) is 6.90. The van der Waals surface area contributed by atoms with Crippen molar-refractivity contribution in [1.82, 2.24) is 10.2 Å². The fourth-order valence-corrected chi connectivity index (χ4v) is 1.21. The molecule has 0 unspecified atom stereocenters. The molecule has 0 rings (SSSR count). The second-order valence-electron chi connectivity index (χ2n) is 3.13. The lowest BCUT2D eigenvalue weighted by atomic mass is 10.3. The summed E-state index contributed by atoms with van der Waals surface area (Å²) in [6, 6.07) is 0. The molecule has 1 amide bonds. The maximum Gasteiger partial charge on any atom is 0.234 e. The van der Waals surface area contributed by atoms with E-state index in [0.29, 0.717) is 13.1 Å². The number of hydrogen-bond acceptors (Lipinski definition) is 2. The Morgan fingerprint density at radius 3 is 2.71 bits per heavy atom. The zero-order valence-corrected chi connectivity index (χ0v) is 9.18. The van der Waals surface area contributed by atoms with Gasteiger partial charge in [-0.15, -0.1) is 12.3 Å². The van der Waals surface area contributed by atoms with E-state index >= 15 is 0 Å². The third-order valence-corrected chi connectivity index (χ3v) is 1.98. The van der Waals surface area contributed by atoms with Crippen LogP contribution in [0.5, 0.6) is 0 Å². The summed E-state index contributed by atoms with van der Waals surface area (Å²) in [5.41, 5.74) is 0. The van der Waals surface area contributed by atoms with Crippen LogP contribution in [0.25, 0.3) is 0 Å². The molecule has 1 N–H and O–H groups in total. The standard InChI is InChI=1S/C11H20N2O/c1-4-7-8-9-13(6-3)10-11(14)12-5-2/h1H,5-10H2,2-3H3,(H,12,14). The van der Waals surface area contributed by atoms with Gasteiger partial charge in [-0.05, 0) is 26.4 Å². The molecule has 0 radical (unpaired) electrons. The van der Waals surface area contributed by atoms with Crippen LogP contribution in [0.2, 0.25) is 0 Å². The molecule has 0 spiro atoms. The summed E-state index contributed by atoms with van der Waals surface area (Å²) in [5, 5.41) is 2.78. The minimum Gasteiger partial charge on any atom is -0.355 e. The Morgan fingerprint density at radius 1 is 1.50 bits per heavy atom. The van der Waals surface area contributed by atoms with Gasteiger partial charge >= 0.3 is 0 Å². The quantitative estimate of drug-likeness (QED) is 0.484. The number of terminal acetylenes is 1. The van der Waals surface area contributed by atoms with E-state index in [9.17, 15) is 4.79 Å². The van der Waals surface area contributed by atoms with Gasteiger partial charge in [0.15, 0.2) is 0 Å². The van der Waals surface area contributed by atoms with Crippen molar-refractivity contribution in [2.45, 2.75) is 26.7 Å². The van der Waals surface area contributed by atoms with Crippen molar-refractivity contribution < 1.29 is 4.79 Å². The number of unbranched alkanes of at least 4 members (excludes halogenated alkanes) is 1. The summed E-state index contributed by atoms with van der Waals surface area (Å²) in [4.78, 5) is 13.4. The van der Waals surface area contributed by atoms with Crippen LogP contribution in [0.4, 0.5) is 0 Å². The van der Waals surface area contributed by atoms with Gasteiger partial charge in [-0.1, -0.05) is 6.92 Å². The van der Waals surface area contributed by atoms with Gasteiger partial charge < -0.3 is 5.32 Å². The molecule has 14 heavy (non-hydrogen) atoms. The molecule has 0 saturated carbocycles. The summed E-state index contributed by atoms with van der Waals surface area (Å²) >= 11 is 0. The van der Waals surface area contributed by atoms with E-state index in [4.69, 9.17) is 6.42 Å². The Hall–Kier alpha value is -1.01. The number of nitrogens with one attached hydrogen (secondary N) is 1. The first-order chi connectivity index (χ1) is 6.74. The smallest absolute Gasteiger partial charge is 0.234 e. The highest BCUT2D eigenvalue weighted by Gasteiger charge is 2.06. The van der Waals surface area contributed by atoms with Crippen molar-refractivity contribution in [2.75, 3.05) is 26.2 Å². The second-order valence-corrected chi connectivity index (χ2v) is 3.13. The van der Waals surface area contributed by atoms with Crippen LogP contribution in [0.15, 0.2) is 0 Å². The van der Waals surface area contributed by atoms with E-state index < -0.39 is 0 Å². The van der Waals surface area contributed by atoms with E-state index in [1.807, 2.05) is 6.92 Å². The molecule has 0 atom stereocenters. The Bertz CT molecular complexity index is 196. The van der Waals surface area contributed by atoms with Crippen molar-refractivity contribution >= 4 is 5.91 Å². The van der Waals surface area contributed by atoms with Gasteiger partial charge in [0.05, 0.1) is 6.54 Å². The third kappa shape index (κ3) is 6.50. The zero-order valence-electron chi connectivity index (χ0n) is 9.18. The zero-order chi connectivity index (χ0) is 10.8. The Morgan fingerprint density at radius 2 is 2.21 bits per heavy atom. The number of carbonyl (C=O) groups excluding carboxylic acids is 1. The molecule has 0 aromatic heterocycles. The molecule has 0 aliphatic carbocycles. The molecule has 0 saturated heterocycles. The Kier molecular flexibility index (Phi) is 7.96. The first-order valence-electron chi connectivity index (χ1n) is 5.17. The second kappa shape index (κ2) is 8.58. The van der Waals surface area contributed by atoms with Gasteiger partial charge in [0.25, 0.3) is 0 Å². The molecule has 0 heterocycles. The molecular formula is C11H20N2O. The number of nitrogens with zero attached hydrogens (tertiary/aromatic N) is 1. The highest BCUT2D eigenvalue weighted by molar-refractivity contribution is 5.77. The number of amides is 1. The van der Waals surface area contributed by atoms with Crippen molar-refractivity contribution in [3.8, 4) is 12.3 Å². The van der Waals surface area contributed by atoms with Gasteiger partial charge in [-0.25, -0.2) is 0 Å². The van der Waals surface area contributed by atoms with Gasteiger partial charge in [0, 0.05) is 13.0 Å². The topological polar surface area (TPSA) is 32.3 Å². The van der Waals surface area contributed by atoms with Crippen LogP contribution >= 0.6 is 0 Å². The first-order valence-corrected chi connectivity index (χ1v) is 5.17. The van der Waals surface area contributed by atoms with Crippen molar-refractivity contribution in [2.24, 2.45) is 0 Å². The highest BCUT2D eigenvalue weighted by Crippen LogP contribution is 1.93. The summed E-state index contributed by atoms with van der Waals surface area (Å²) in [7, 11) is 0. The van der Waals surface area contributed by atoms with E-state index in [2.05, 4.69) is 23.1 Å². The summed E-state index contributed by atoms with van der Waals surface area (Å²) < 4.78 is 0. The Balaban J connectivity index is 3.68. The SMILES string of the molecule is C#CCCCN(CC)CC(=O)NCC. The predicted molar refractivity (Wildman–Crippen MR) is 58.9 cm³/mol.